The van der Waals surface area contributed by atoms with Crippen LogP contribution >= 0.6 is 11.6 Å². The van der Waals surface area contributed by atoms with Crippen LogP contribution in [0.25, 0.3) is 11.3 Å². The second kappa shape index (κ2) is 7.01. The van der Waals surface area contributed by atoms with Crippen LogP contribution in [0.3, 0.4) is 0 Å². The lowest BCUT2D eigenvalue weighted by Crippen LogP contribution is -2.29. The smallest absolute Gasteiger partial charge is 0.346 e. The van der Waals surface area contributed by atoms with E-state index in [0.717, 1.165) is 0 Å². The van der Waals surface area contributed by atoms with E-state index in [4.69, 9.17) is 16.3 Å². The van der Waals surface area contributed by atoms with E-state index in [-0.39, 0.29) is 11.6 Å². The SMILES string of the molecule is COCCNC(=O)c1cc(-c2ccc(Cl)cc2)nc(=O)[nH]1. The number of halogens is 1. The van der Waals surface area contributed by atoms with Crippen LogP contribution in [-0.2, 0) is 4.74 Å². The van der Waals surface area contributed by atoms with Gasteiger partial charge in [-0.05, 0) is 18.2 Å². The lowest BCUT2D eigenvalue weighted by Gasteiger charge is -2.06. The number of hydrogen-bond donors (Lipinski definition) is 2. The third kappa shape index (κ3) is 4.14. The van der Waals surface area contributed by atoms with Crippen molar-refractivity contribution in [2.24, 2.45) is 0 Å². The highest BCUT2D eigenvalue weighted by molar-refractivity contribution is 6.30. The first-order valence-corrected chi connectivity index (χ1v) is 6.62. The number of benzene rings is 1. The van der Waals surface area contributed by atoms with Gasteiger partial charge in [0.15, 0.2) is 0 Å². The molecule has 0 aliphatic rings. The maximum atomic E-state index is 11.9. The lowest BCUT2D eigenvalue weighted by atomic mass is 10.1. The molecule has 0 spiro atoms. The average molecular weight is 308 g/mol. The van der Waals surface area contributed by atoms with Gasteiger partial charge in [-0.2, -0.15) is 4.98 Å². The van der Waals surface area contributed by atoms with Gasteiger partial charge in [0.2, 0.25) is 0 Å². The Morgan fingerprint density at radius 3 is 2.76 bits per heavy atom. The molecule has 7 heteroatoms. The second-order valence-electron chi connectivity index (χ2n) is 4.24. The minimum atomic E-state index is -0.584. The molecule has 2 aromatic rings. The number of ether oxygens (including phenoxy) is 1. The first kappa shape index (κ1) is 15.2. The van der Waals surface area contributed by atoms with Gasteiger partial charge in [-0.1, -0.05) is 23.7 Å². The minimum absolute atomic E-state index is 0.149. The summed E-state index contributed by atoms with van der Waals surface area (Å²) in [5.74, 6) is -0.387. The van der Waals surface area contributed by atoms with Crippen molar-refractivity contribution >= 4 is 17.5 Å². The second-order valence-corrected chi connectivity index (χ2v) is 4.68. The van der Waals surface area contributed by atoms with Gasteiger partial charge >= 0.3 is 5.69 Å². The topological polar surface area (TPSA) is 84.1 Å². The fraction of sp³-hybridized carbons (Fsp3) is 0.214. The Balaban J connectivity index is 2.27. The van der Waals surface area contributed by atoms with Crippen LogP contribution in [0.15, 0.2) is 35.1 Å². The number of H-pyrrole nitrogens is 1. The number of aromatic amines is 1. The van der Waals surface area contributed by atoms with Crippen molar-refractivity contribution in [2.75, 3.05) is 20.3 Å². The van der Waals surface area contributed by atoms with Crippen molar-refractivity contribution < 1.29 is 9.53 Å². The number of aromatic nitrogens is 2. The summed E-state index contributed by atoms with van der Waals surface area (Å²) in [7, 11) is 1.54. The van der Waals surface area contributed by atoms with Crippen LogP contribution < -0.4 is 11.0 Å². The highest BCUT2D eigenvalue weighted by Crippen LogP contribution is 2.18. The van der Waals surface area contributed by atoms with Crippen molar-refractivity contribution in [1.29, 1.82) is 0 Å². The number of carbonyl (C=O) groups is 1. The first-order valence-electron chi connectivity index (χ1n) is 6.24. The molecule has 1 heterocycles. The fourth-order valence-corrected chi connectivity index (χ4v) is 1.84. The summed E-state index contributed by atoms with van der Waals surface area (Å²) in [6.45, 7) is 0.751. The summed E-state index contributed by atoms with van der Waals surface area (Å²) in [5, 5.41) is 3.22. The summed E-state index contributed by atoms with van der Waals surface area (Å²) in [6, 6.07) is 8.37. The molecule has 21 heavy (non-hydrogen) atoms. The molecule has 0 radical (unpaired) electrons. The van der Waals surface area contributed by atoms with E-state index in [1.807, 2.05) is 0 Å². The van der Waals surface area contributed by atoms with Crippen molar-refractivity contribution in [3.05, 3.63) is 51.5 Å². The molecule has 0 atom stereocenters. The van der Waals surface area contributed by atoms with Crippen molar-refractivity contribution in [1.82, 2.24) is 15.3 Å². The highest BCUT2D eigenvalue weighted by atomic mass is 35.5. The molecule has 2 N–H and O–H groups in total. The zero-order chi connectivity index (χ0) is 15.2. The third-order valence-corrected chi connectivity index (χ3v) is 2.97. The highest BCUT2D eigenvalue weighted by Gasteiger charge is 2.10. The van der Waals surface area contributed by atoms with Gasteiger partial charge in [0.1, 0.15) is 5.69 Å². The van der Waals surface area contributed by atoms with Crippen LogP contribution in [0.5, 0.6) is 0 Å². The van der Waals surface area contributed by atoms with Crippen LogP contribution in [0.4, 0.5) is 0 Å². The maximum absolute atomic E-state index is 11.9. The molecule has 0 fully saturated rings. The van der Waals surface area contributed by atoms with Gasteiger partial charge in [-0.15, -0.1) is 0 Å². The first-order chi connectivity index (χ1) is 10.1. The van der Waals surface area contributed by atoms with E-state index >= 15 is 0 Å². The molecule has 0 bridgehead atoms. The van der Waals surface area contributed by atoms with E-state index in [2.05, 4.69) is 15.3 Å². The zero-order valence-electron chi connectivity index (χ0n) is 11.4. The summed E-state index contributed by atoms with van der Waals surface area (Å²) < 4.78 is 4.84. The zero-order valence-corrected chi connectivity index (χ0v) is 12.1. The largest absolute Gasteiger partial charge is 0.383 e. The van der Waals surface area contributed by atoms with E-state index in [1.54, 1.807) is 31.4 Å². The molecule has 110 valence electrons. The van der Waals surface area contributed by atoms with Crippen LogP contribution in [0.2, 0.25) is 5.02 Å². The fourth-order valence-electron chi connectivity index (χ4n) is 1.71. The van der Waals surface area contributed by atoms with Crippen LogP contribution in [0.1, 0.15) is 10.5 Å². The summed E-state index contributed by atoms with van der Waals surface area (Å²) in [5.41, 5.74) is 0.680. The van der Waals surface area contributed by atoms with E-state index in [0.29, 0.717) is 29.4 Å². The monoisotopic (exact) mass is 307 g/mol. The van der Waals surface area contributed by atoms with Crippen molar-refractivity contribution in [2.45, 2.75) is 0 Å². The third-order valence-electron chi connectivity index (χ3n) is 2.72. The van der Waals surface area contributed by atoms with Gasteiger partial charge in [0.25, 0.3) is 5.91 Å². The van der Waals surface area contributed by atoms with E-state index < -0.39 is 5.69 Å². The number of rotatable bonds is 5. The van der Waals surface area contributed by atoms with Gasteiger partial charge in [0.05, 0.1) is 12.3 Å². The molecule has 0 saturated carbocycles. The average Bonchev–Trinajstić information content (AvgIpc) is 2.47. The van der Waals surface area contributed by atoms with Gasteiger partial charge in [0, 0.05) is 24.2 Å². The molecule has 0 unspecified atom stereocenters. The molecule has 0 aliphatic carbocycles. The Bertz CT molecular complexity index is 683. The van der Waals surface area contributed by atoms with Crippen LogP contribution in [-0.4, -0.2) is 36.1 Å². The maximum Gasteiger partial charge on any atom is 0.346 e. The Labute approximate surface area is 126 Å². The molecule has 2 rings (SSSR count). The summed E-state index contributed by atoms with van der Waals surface area (Å²) in [6.07, 6.45) is 0. The van der Waals surface area contributed by atoms with Crippen molar-refractivity contribution in [3.63, 3.8) is 0 Å². The molecule has 1 aromatic heterocycles. The predicted octanol–water partition coefficient (Wildman–Crippen LogP) is 1.47. The number of nitrogens with one attached hydrogen (secondary N) is 2. The molecule has 0 saturated heterocycles. The lowest BCUT2D eigenvalue weighted by molar-refractivity contribution is 0.0931. The van der Waals surface area contributed by atoms with E-state index in [9.17, 15) is 9.59 Å². The van der Waals surface area contributed by atoms with Gasteiger partial charge in [-0.3, -0.25) is 4.79 Å². The van der Waals surface area contributed by atoms with Gasteiger partial charge < -0.3 is 15.0 Å². The quantitative estimate of drug-likeness (QED) is 0.819. The Kier molecular flexibility index (Phi) is 5.08. The van der Waals surface area contributed by atoms with Gasteiger partial charge in [-0.25, -0.2) is 4.79 Å². The molecule has 1 amide bonds. The minimum Gasteiger partial charge on any atom is -0.383 e. The molecular weight excluding hydrogens is 294 g/mol. The van der Waals surface area contributed by atoms with E-state index in [1.165, 1.54) is 6.07 Å². The number of nitrogens with zero attached hydrogens (tertiary/aromatic N) is 1. The summed E-state index contributed by atoms with van der Waals surface area (Å²) >= 11 is 5.82. The molecular formula is C14H14ClN3O3. The Hall–Kier alpha value is -2.18. The summed E-state index contributed by atoms with van der Waals surface area (Å²) in [4.78, 5) is 29.8. The Morgan fingerprint density at radius 2 is 2.10 bits per heavy atom. The normalized spacial score (nSPS) is 10.4. The molecule has 0 aliphatic heterocycles. The standard InChI is InChI=1S/C14H14ClN3O3/c1-21-7-6-16-13(19)12-8-11(17-14(20)18-12)9-2-4-10(15)5-3-9/h2-5,8H,6-7H2,1H3,(H,16,19)(H,17,18,20). The molecule has 6 nitrogen and oxygen atoms in total. The number of methoxy groups -OCH3 is 1. The van der Waals surface area contributed by atoms with Crippen molar-refractivity contribution in [3.8, 4) is 11.3 Å². The number of amides is 1. The molecule has 1 aromatic carbocycles. The predicted molar refractivity (Wildman–Crippen MR) is 79.5 cm³/mol. The number of hydrogen-bond acceptors (Lipinski definition) is 4. The van der Waals surface area contributed by atoms with Crippen LogP contribution in [0, 0.1) is 0 Å². The number of carbonyl (C=O) groups excluding carboxylic acids is 1. The Morgan fingerprint density at radius 1 is 1.38 bits per heavy atom.